The molecule has 4 rings (SSSR count). The van der Waals surface area contributed by atoms with Crippen LogP contribution < -0.4 is 5.32 Å². The number of allylic oxidation sites excluding steroid dienone is 2. The Bertz CT molecular complexity index is 1040. The van der Waals surface area contributed by atoms with Gasteiger partial charge in [0.1, 0.15) is 16.7 Å². The number of fused-ring (bicyclic) bond motifs is 2. The van der Waals surface area contributed by atoms with Gasteiger partial charge in [-0.2, -0.15) is 0 Å². The van der Waals surface area contributed by atoms with Crippen molar-refractivity contribution in [1.82, 2.24) is 0 Å². The normalized spacial score (nSPS) is 24.2. The molecule has 0 saturated carbocycles. The molecule has 1 aromatic rings. The van der Waals surface area contributed by atoms with E-state index in [9.17, 15) is 14.4 Å². The van der Waals surface area contributed by atoms with E-state index >= 15 is 0 Å². The van der Waals surface area contributed by atoms with Crippen LogP contribution in [0.3, 0.4) is 0 Å². The van der Waals surface area contributed by atoms with Crippen molar-refractivity contribution in [2.24, 2.45) is 17.3 Å². The summed E-state index contributed by atoms with van der Waals surface area (Å²) in [5.41, 5.74) is 1.53. The topological polar surface area (TPSA) is 81.7 Å². The summed E-state index contributed by atoms with van der Waals surface area (Å²) in [6.07, 6.45) is 12.3. The van der Waals surface area contributed by atoms with Crippen molar-refractivity contribution in [1.29, 1.82) is 0 Å². The Hall–Kier alpha value is -2.67. The molecule has 3 unspecified atom stereocenters. The molecular formula is C25H29NO5S. The summed E-state index contributed by atoms with van der Waals surface area (Å²) in [6, 6.07) is 0. The van der Waals surface area contributed by atoms with Crippen molar-refractivity contribution in [3.05, 3.63) is 52.0 Å². The van der Waals surface area contributed by atoms with Crippen LogP contribution in [-0.4, -0.2) is 31.1 Å². The highest BCUT2D eigenvalue weighted by atomic mass is 32.1. The zero-order valence-electron chi connectivity index (χ0n) is 18.9. The largest absolute Gasteiger partial charge is 0.465 e. The first-order valence-electron chi connectivity index (χ1n) is 11.1. The minimum absolute atomic E-state index is 0.0432. The third kappa shape index (κ3) is 4.06. The van der Waals surface area contributed by atoms with Gasteiger partial charge in [-0.1, -0.05) is 51.5 Å². The maximum Gasteiger partial charge on any atom is 0.344 e. The Kier molecular flexibility index (Phi) is 6.12. The van der Waals surface area contributed by atoms with Gasteiger partial charge in [0.05, 0.1) is 12.7 Å². The van der Waals surface area contributed by atoms with Gasteiger partial charge in [0.25, 0.3) is 5.91 Å². The average molecular weight is 456 g/mol. The number of ether oxygens (including phenoxy) is 2. The monoisotopic (exact) mass is 455 g/mol. The van der Waals surface area contributed by atoms with E-state index < -0.39 is 17.8 Å². The highest BCUT2D eigenvalue weighted by molar-refractivity contribution is 7.17. The number of anilines is 1. The second-order valence-electron chi connectivity index (χ2n) is 9.23. The lowest BCUT2D eigenvalue weighted by molar-refractivity contribution is -0.145. The zero-order valence-corrected chi connectivity index (χ0v) is 19.7. The number of hydrogen-bond acceptors (Lipinski definition) is 6. The van der Waals surface area contributed by atoms with Crippen molar-refractivity contribution >= 4 is 34.2 Å². The molecule has 7 heteroatoms. The SMILES string of the molecule is CCC(C)(C)C1CCc2c(sc(NC(=O)C3=CC4C=CC=CC4OC3=O)c2C(=O)OC)C1. The van der Waals surface area contributed by atoms with Gasteiger partial charge in [-0.15, -0.1) is 11.3 Å². The van der Waals surface area contributed by atoms with E-state index in [1.807, 2.05) is 18.2 Å². The van der Waals surface area contributed by atoms with E-state index in [0.29, 0.717) is 16.5 Å². The maximum atomic E-state index is 13.0. The van der Waals surface area contributed by atoms with Crippen LogP contribution in [0.25, 0.3) is 0 Å². The molecule has 0 spiro atoms. The number of esters is 2. The van der Waals surface area contributed by atoms with Gasteiger partial charge in [0.15, 0.2) is 0 Å². The lowest BCUT2D eigenvalue weighted by atomic mass is 9.69. The molecule has 2 heterocycles. The molecule has 1 aliphatic heterocycles. The minimum Gasteiger partial charge on any atom is -0.465 e. The second-order valence-corrected chi connectivity index (χ2v) is 10.3. The quantitative estimate of drug-likeness (QED) is 0.518. The first-order valence-corrected chi connectivity index (χ1v) is 11.9. The molecule has 0 aromatic carbocycles. The van der Waals surface area contributed by atoms with Crippen molar-refractivity contribution in [2.75, 3.05) is 12.4 Å². The number of carbonyl (C=O) groups is 3. The fourth-order valence-corrected chi connectivity index (χ4v) is 5.92. The molecule has 6 nitrogen and oxygen atoms in total. The highest BCUT2D eigenvalue weighted by Gasteiger charge is 2.37. The number of methoxy groups -OCH3 is 1. The van der Waals surface area contributed by atoms with Crippen LogP contribution in [0.15, 0.2) is 36.0 Å². The average Bonchev–Trinajstić information content (AvgIpc) is 3.14. The van der Waals surface area contributed by atoms with Crippen molar-refractivity contribution in [3.8, 4) is 0 Å². The Morgan fingerprint density at radius 3 is 2.75 bits per heavy atom. The van der Waals surface area contributed by atoms with Crippen LogP contribution in [0.4, 0.5) is 5.00 Å². The molecule has 170 valence electrons. The molecule has 0 bridgehead atoms. The van der Waals surface area contributed by atoms with E-state index in [1.54, 1.807) is 12.2 Å². The lowest BCUT2D eigenvalue weighted by Gasteiger charge is -2.36. The minimum atomic E-state index is -0.658. The predicted molar refractivity (Wildman–Crippen MR) is 124 cm³/mol. The van der Waals surface area contributed by atoms with Crippen LogP contribution in [-0.2, 0) is 31.9 Å². The summed E-state index contributed by atoms with van der Waals surface area (Å²) in [5.74, 6) is -1.36. The van der Waals surface area contributed by atoms with Crippen molar-refractivity contribution in [2.45, 2.75) is 52.6 Å². The van der Waals surface area contributed by atoms with Gasteiger partial charge in [-0.25, -0.2) is 9.59 Å². The van der Waals surface area contributed by atoms with E-state index in [-0.39, 0.29) is 23.0 Å². The summed E-state index contributed by atoms with van der Waals surface area (Å²) in [7, 11) is 1.34. The number of carbonyl (C=O) groups excluding carboxylic acids is 3. The van der Waals surface area contributed by atoms with E-state index in [1.165, 1.54) is 18.4 Å². The second kappa shape index (κ2) is 8.70. The van der Waals surface area contributed by atoms with E-state index in [0.717, 1.165) is 36.1 Å². The first kappa shape index (κ1) is 22.5. The van der Waals surface area contributed by atoms with Crippen LogP contribution in [0, 0.1) is 17.3 Å². The highest BCUT2D eigenvalue weighted by Crippen LogP contribution is 2.45. The summed E-state index contributed by atoms with van der Waals surface area (Å²) < 4.78 is 10.4. The van der Waals surface area contributed by atoms with Gasteiger partial charge in [-0.05, 0) is 42.2 Å². The third-order valence-corrected chi connectivity index (χ3v) is 8.26. The number of rotatable bonds is 5. The smallest absolute Gasteiger partial charge is 0.344 e. The molecule has 1 aromatic heterocycles. The summed E-state index contributed by atoms with van der Waals surface area (Å²) >= 11 is 1.42. The Labute approximate surface area is 192 Å². The number of nitrogens with one attached hydrogen (secondary N) is 1. The van der Waals surface area contributed by atoms with Gasteiger partial charge in [0.2, 0.25) is 0 Å². The standard InChI is InChI=1S/C25H29NO5S/c1-5-25(2,3)15-10-11-16-19(13-15)32-22(20(16)24(29)30-4)26-21(27)17-12-14-8-6-7-9-18(14)31-23(17)28/h6-9,12,14-15,18H,5,10-11,13H2,1-4H3,(H,26,27). The molecule has 32 heavy (non-hydrogen) atoms. The molecule has 0 saturated heterocycles. The maximum absolute atomic E-state index is 13.0. The van der Waals surface area contributed by atoms with Crippen LogP contribution in [0.1, 0.15) is 54.4 Å². The van der Waals surface area contributed by atoms with Gasteiger partial charge in [-0.3, -0.25) is 4.79 Å². The Morgan fingerprint density at radius 2 is 2.03 bits per heavy atom. The molecule has 3 atom stereocenters. The van der Waals surface area contributed by atoms with Gasteiger partial charge >= 0.3 is 11.9 Å². The van der Waals surface area contributed by atoms with Crippen LogP contribution in [0.5, 0.6) is 0 Å². The Balaban J connectivity index is 1.63. The summed E-state index contributed by atoms with van der Waals surface area (Å²) in [6.45, 7) is 6.77. The lowest BCUT2D eigenvalue weighted by Crippen LogP contribution is -2.34. The van der Waals surface area contributed by atoms with Crippen molar-refractivity contribution in [3.63, 3.8) is 0 Å². The van der Waals surface area contributed by atoms with Crippen molar-refractivity contribution < 1.29 is 23.9 Å². The summed E-state index contributed by atoms with van der Waals surface area (Å²) in [4.78, 5) is 39.2. The van der Waals surface area contributed by atoms with Gasteiger partial charge in [0, 0.05) is 10.8 Å². The number of hydrogen-bond donors (Lipinski definition) is 1. The molecular weight excluding hydrogens is 426 g/mol. The van der Waals surface area contributed by atoms with Gasteiger partial charge < -0.3 is 14.8 Å². The molecule has 0 fully saturated rings. The van der Waals surface area contributed by atoms with E-state index in [2.05, 4.69) is 26.1 Å². The fourth-order valence-electron chi connectivity index (χ4n) is 4.61. The third-order valence-electron chi connectivity index (χ3n) is 7.09. The van der Waals surface area contributed by atoms with E-state index in [4.69, 9.17) is 9.47 Å². The number of thiophene rings is 1. The predicted octanol–water partition coefficient (Wildman–Crippen LogP) is 4.61. The first-order chi connectivity index (χ1) is 15.2. The molecule has 2 aliphatic carbocycles. The molecule has 1 N–H and O–H groups in total. The fraction of sp³-hybridized carbons (Fsp3) is 0.480. The zero-order chi connectivity index (χ0) is 23.0. The molecule has 3 aliphatic rings. The molecule has 1 amide bonds. The number of amides is 1. The molecule has 0 radical (unpaired) electrons. The van der Waals surface area contributed by atoms with Crippen LogP contribution in [0.2, 0.25) is 0 Å². The van der Waals surface area contributed by atoms with Crippen LogP contribution >= 0.6 is 11.3 Å². The summed E-state index contributed by atoms with van der Waals surface area (Å²) in [5, 5.41) is 3.26. The Morgan fingerprint density at radius 1 is 1.28 bits per heavy atom.